The van der Waals surface area contributed by atoms with Gasteiger partial charge in [-0.1, -0.05) is 42.8 Å². The summed E-state index contributed by atoms with van der Waals surface area (Å²) in [6.45, 7) is 9.82. The van der Waals surface area contributed by atoms with Gasteiger partial charge in [-0.25, -0.2) is 9.59 Å². The molecule has 10 heteroatoms. The molecule has 45 heavy (non-hydrogen) atoms. The van der Waals surface area contributed by atoms with Gasteiger partial charge in [0.15, 0.2) is 0 Å². The van der Waals surface area contributed by atoms with Gasteiger partial charge in [0.1, 0.15) is 28.8 Å². The predicted octanol–water partition coefficient (Wildman–Crippen LogP) is 6.52. The number of ether oxygens (including phenoxy) is 3. The van der Waals surface area contributed by atoms with Crippen LogP contribution in [0.3, 0.4) is 0 Å². The zero-order valence-electron chi connectivity index (χ0n) is 26.0. The number of carbonyl (C=O) groups is 2. The van der Waals surface area contributed by atoms with Crippen molar-refractivity contribution in [2.45, 2.75) is 71.7 Å². The molecule has 8 atom stereocenters. The first-order chi connectivity index (χ1) is 21.3. The Hall–Kier alpha value is -3.50. The lowest BCUT2D eigenvalue weighted by molar-refractivity contribution is -0.257. The van der Waals surface area contributed by atoms with Crippen molar-refractivity contribution in [3.05, 3.63) is 80.9 Å². The second-order valence-electron chi connectivity index (χ2n) is 13.6. The highest BCUT2D eigenvalue weighted by Crippen LogP contribution is 2.68. The number of aliphatic hydroxyl groups excluding tert-OH is 1. The van der Waals surface area contributed by atoms with Crippen LogP contribution < -0.4 is 10.4 Å². The maximum Gasteiger partial charge on any atom is 0.345 e. The number of nitrogens with zero attached hydrogens (tertiary/aromatic N) is 1. The fourth-order valence-electron chi connectivity index (χ4n) is 8.51. The van der Waals surface area contributed by atoms with Crippen LogP contribution in [-0.2, 0) is 14.3 Å². The Morgan fingerprint density at radius 2 is 1.93 bits per heavy atom. The van der Waals surface area contributed by atoms with E-state index in [0.717, 1.165) is 17.3 Å². The van der Waals surface area contributed by atoms with Crippen molar-refractivity contribution in [2.75, 3.05) is 6.61 Å². The first-order valence-electron chi connectivity index (χ1n) is 15.3. The summed E-state index contributed by atoms with van der Waals surface area (Å²) in [7, 11) is 0. The molecule has 9 nitrogen and oxygen atoms in total. The van der Waals surface area contributed by atoms with Crippen LogP contribution in [0.2, 0.25) is 0 Å². The molecule has 3 aromatic rings. The third kappa shape index (κ3) is 5.19. The summed E-state index contributed by atoms with van der Waals surface area (Å²) in [5.74, 6) is -1.10. The predicted molar refractivity (Wildman–Crippen MR) is 168 cm³/mol. The molecule has 238 valence electrons. The highest BCUT2D eigenvalue weighted by Gasteiger charge is 2.70. The zero-order chi connectivity index (χ0) is 32.3. The third-order valence-electron chi connectivity index (χ3n) is 11.0. The van der Waals surface area contributed by atoms with E-state index in [1.807, 2.05) is 13.0 Å². The first kappa shape index (κ1) is 31.5. The largest absolute Gasteiger partial charge is 0.482 e. The SMILES string of the molecule is CC(=O)OC[C@@]1(C)C2C[C@H](OC(=O)c3cccc(Br)c3)[C@@]3(C)Oc4cc(-c5cccnc5)oc(=O)c4[C@H](O)C3[C@@]2(C)CC[C@@H]1C. The fourth-order valence-corrected chi connectivity index (χ4v) is 8.91. The summed E-state index contributed by atoms with van der Waals surface area (Å²) in [6.07, 6.45) is 3.06. The van der Waals surface area contributed by atoms with E-state index in [2.05, 4.69) is 41.7 Å². The number of aromatic nitrogens is 1. The molecule has 0 spiro atoms. The van der Waals surface area contributed by atoms with Gasteiger partial charge in [0.25, 0.3) is 0 Å². The molecule has 0 saturated heterocycles. The molecule has 2 fully saturated rings. The minimum absolute atomic E-state index is 0.0457. The minimum Gasteiger partial charge on any atom is -0.482 e. The average Bonchev–Trinajstić information content (AvgIpc) is 2.99. The first-order valence-corrected chi connectivity index (χ1v) is 16.1. The van der Waals surface area contributed by atoms with E-state index < -0.39 is 46.2 Å². The molecular formula is C35H38BrNO8. The fraction of sp³-hybridized carbons (Fsp3) is 0.486. The molecule has 0 bridgehead atoms. The molecule has 2 unspecified atom stereocenters. The van der Waals surface area contributed by atoms with Crippen molar-refractivity contribution in [2.24, 2.45) is 28.6 Å². The normalized spacial score (nSPS) is 33.5. The van der Waals surface area contributed by atoms with Crippen molar-refractivity contribution in [1.82, 2.24) is 4.98 Å². The van der Waals surface area contributed by atoms with Crippen molar-refractivity contribution in [3.8, 4) is 17.1 Å². The highest BCUT2D eigenvalue weighted by atomic mass is 79.9. The zero-order valence-corrected chi connectivity index (χ0v) is 27.6. The quantitative estimate of drug-likeness (QED) is 0.300. The molecule has 1 aromatic carbocycles. The van der Waals surface area contributed by atoms with E-state index in [9.17, 15) is 19.5 Å². The van der Waals surface area contributed by atoms with Crippen LogP contribution in [0.25, 0.3) is 11.3 Å². The number of esters is 2. The number of carbonyl (C=O) groups excluding carboxylic acids is 2. The van der Waals surface area contributed by atoms with E-state index in [1.165, 1.54) is 6.92 Å². The summed E-state index contributed by atoms with van der Waals surface area (Å²) >= 11 is 3.43. The van der Waals surface area contributed by atoms with Crippen LogP contribution in [0, 0.1) is 28.6 Å². The number of rotatable bonds is 5. The molecule has 2 saturated carbocycles. The van der Waals surface area contributed by atoms with Crippen LogP contribution in [0.4, 0.5) is 0 Å². The smallest absolute Gasteiger partial charge is 0.345 e. The van der Waals surface area contributed by atoms with Crippen LogP contribution in [-0.4, -0.2) is 40.3 Å². The molecule has 0 radical (unpaired) electrons. The van der Waals surface area contributed by atoms with E-state index in [1.54, 1.807) is 48.8 Å². The number of pyridine rings is 1. The number of halogens is 1. The summed E-state index contributed by atoms with van der Waals surface area (Å²) in [4.78, 5) is 43.4. The molecule has 3 aliphatic rings. The maximum atomic E-state index is 13.7. The van der Waals surface area contributed by atoms with Crippen LogP contribution >= 0.6 is 15.9 Å². The van der Waals surface area contributed by atoms with E-state index in [-0.39, 0.29) is 41.5 Å². The van der Waals surface area contributed by atoms with E-state index >= 15 is 0 Å². The highest BCUT2D eigenvalue weighted by molar-refractivity contribution is 9.10. The lowest BCUT2D eigenvalue weighted by atomic mass is 9.41. The van der Waals surface area contributed by atoms with E-state index in [0.29, 0.717) is 17.5 Å². The number of aliphatic hydroxyl groups is 1. The van der Waals surface area contributed by atoms with Gasteiger partial charge in [-0.2, -0.15) is 0 Å². The van der Waals surface area contributed by atoms with Gasteiger partial charge < -0.3 is 23.7 Å². The second-order valence-corrected chi connectivity index (χ2v) is 14.5. The van der Waals surface area contributed by atoms with Gasteiger partial charge in [0.05, 0.1) is 18.3 Å². The Labute approximate surface area is 270 Å². The van der Waals surface area contributed by atoms with Gasteiger partial charge in [0, 0.05) is 46.8 Å². The Morgan fingerprint density at radius 1 is 1.16 bits per heavy atom. The molecule has 1 aliphatic heterocycles. The topological polar surface area (TPSA) is 125 Å². The lowest BCUT2D eigenvalue weighted by Crippen LogP contribution is -2.70. The van der Waals surface area contributed by atoms with Crippen molar-refractivity contribution < 1.29 is 33.3 Å². The minimum atomic E-state index is -1.27. The second kappa shape index (κ2) is 11.4. The molecule has 1 N–H and O–H groups in total. The third-order valence-corrected chi connectivity index (χ3v) is 11.5. The summed E-state index contributed by atoms with van der Waals surface area (Å²) in [5.41, 5.74) is -2.00. The molecular weight excluding hydrogens is 642 g/mol. The van der Waals surface area contributed by atoms with Crippen molar-refractivity contribution in [1.29, 1.82) is 0 Å². The summed E-state index contributed by atoms with van der Waals surface area (Å²) in [5, 5.41) is 12.2. The van der Waals surface area contributed by atoms with Crippen LogP contribution in [0.1, 0.15) is 75.9 Å². The van der Waals surface area contributed by atoms with Gasteiger partial charge in [-0.15, -0.1) is 0 Å². The molecule has 2 aliphatic carbocycles. The monoisotopic (exact) mass is 679 g/mol. The Kier molecular flexibility index (Phi) is 7.96. The lowest BCUT2D eigenvalue weighted by Gasteiger charge is -2.66. The molecule has 3 heterocycles. The maximum absolute atomic E-state index is 13.7. The summed E-state index contributed by atoms with van der Waals surface area (Å²) < 4.78 is 25.3. The van der Waals surface area contributed by atoms with Crippen LogP contribution in [0.15, 0.2) is 68.5 Å². The van der Waals surface area contributed by atoms with Crippen molar-refractivity contribution >= 4 is 27.9 Å². The van der Waals surface area contributed by atoms with Gasteiger partial charge in [0.2, 0.25) is 0 Å². The summed E-state index contributed by atoms with van der Waals surface area (Å²) in [6, 6.07) is 12.1. The Morgan fingerprint density at radius 3 is 2.62 bits per heavy atom. The average molecular weight is 681 g/mol. The van der Waals surface area contributed by atoms with Crippen molar-refractivity contribution in [3.63, 3.8) is 0 Å². The molecule has 6 rings (SSSR count). The van der Waals surface area contributed by atoms with Gasteiger partial charge in [-0.05, 0) is 73.8 Å². The number of fused-ring (bicyclic) bond motifs is 4. The number of benzene rings is 1. The molecule has 0 amide bonds. The van der Waals surface area contributed by atoms with E-state index in [4.69, 9.17) is 18.6 Å². The van der Waals surface area contributed by atoms with Gasteiger partial charge in [-0.3, -0.25) is 9.78 Å². The molecule has 2 aromatic heterocycles. The van der Waals surface area contributed by atoms with Crippen LogP contribution in [0.5, 0.6) is 5.75 Å². The Balaban J connectivity index is 1.50. The number of hydrogen-bond donors (Lipinski definition) is 1. The Bertz CT molecular complexity index is 1690. The van der Waals surface area contributed by atoms with Gasteiger partial charge >= 0.3 is 17.6 Å². The standard InChI is InChI=1S/C35H38BrNO8/c1-19-11-12-33(3)26(34(19,4)18-42-20(2)38)16-27(44-31(40)21-8-6-10-23(36)14-21)35(5)30(33)29(39)28-25(45-35)15-24(43-32(28)41)22-9-7-13-37-17-22/h6-10,13-15,17,19,26-27,29-30,39H,11-12,16,18H2,1-5H3/t19-,26?,27-,29-,30?,33-,34+,35+/m0/s1. The number of hydrogen-bond acceptors (Lipinski definition) is 9.